The van der Waals surface area contributed by atoms with Crippen molar-refractivity contribution < 1.29 is 4.39 Å². The molecule has 0 aliphatic carbocycles. The number of halogens is 1. The minimum Gasteiger partial charge on any atom is -0.321 e. The van der Waals surface area contributed by atoms with Gasteiger partial charge in [0.05, 0.1) is 0 Å². The second kappa shape index (κ2) is 5.54. The summed E-state index contributed by atoms with van der Waals surface area (Å²) in [6.45, 7) is 3.85. The molecule has 0 saturated heterocycles. The number of nitrogens with two attached hydrogens (primary N) is 1. The van der Waals surface area contributed by atoms with Gasteiger partial charge in [0.25, 0.3) is 0 Å². The maximum Gasteiger partial charge on any atom is 0.126 e. The molecular formula is C17H20FN. The van der Waals surface area contributed by atoms with E-state index in [1.54, 1.807) is 13.0 Å². The van der Waals surface area contributed by atoms with Gasteiger partial charge < -0.3 is 5.73 Å². The summed E-state index contributed by atoms with van der Waals surface area (Å²) in [6.07, 6.45) is 1.57. The fraction of sp³-hybridized carbons (Fsp3) is 0.294. The van der Waals surface area contributed by atoms with Gasteiger partial charge in [0.1, 0.15) is 5.82 Å². The van der Waals surface area contributed by atoms with Gasteiger partial charge in [0, 0.05) is 5.54 Å². The lowest BCUT2D eigenvalue weighted by Gasteiger charge is -2.29. The molecule has 2 rings (SSSR count). The van der Waals surface area contributed by atoms with Gasteiger partial charge >= 0.3 is 0 Å². The number of aryl methyl sites for hydroxylation is 1. The maximum absolute atomic E-state index is 13.4. The summed E-state index contributed by atoms with van der Waals surface area (Å²) in [5.74, 6) is -0.179. The van der Waals surface area contributed by atoms with Crippen LogP contribution in [0.5, 0.6) is 0 Å². The molecule has 0 spiro atoms. The molecule has 1 atom stereocenters. The Bertz CT molecular complexity index is 550. The Kier molecular flexibility index (Phi) is 4.01. The third-order valence-electron chi connectivity index (χ3n) is 3.73. The summed E-state index contributed by atoms with van der Waals surface area (Å²) in [5.41, 5.74) is 8.95. The quantitative estimate of drug-likeness (QED) is 0.882. The van der Waals surface area contributed by atoms with E-state index in [1.807, 2.05) is 24.3 Å². The second-order valence-corrected chi connectivity index (χ2v) is 5.14. The van der Waals surface area contributed by atoms with Gasteiger partial charge in [-0.05, 0) is 42.5 Å². The Hall–Kier alpha value is -1.67. The van der Waals surface area contributed by atoms with Crippen LogP contribution >= 0.6 is 0 Å². The van der Waals surface area contributed by atoms with Crippen molar-refractivity contribution in [3.8, 4) is 0 Å². The van der Waals surface area contributed by atoms with Crippen LogP contribution in [0.1, 0.15) is 30.0 Å². The molecule has 19 heavy (non-hydrogen) atoms. The first-order valence-electron chi connectivity index (χ1n) is 6.64. The third-order valence-corrected chi connectivity index (χ3v) is 3.73. The Balaban J connectivity index is 2.33. The van der Waals surface area contributed by atoms with Crippen molar-refractivity contribution in [3.63, 3.8) is 0 Å². The van der Waals surface area contributed by atoms with Gasteiger partial charge in [-0.3, -0.25) is 0 Å². The molecule has 2 aromatic carbocycles. The normalized spacial score (nSPS) is 14.1. The van der Waals surface area contributed by atoms with E-state index >= 15 is 0 Å². The zero-order chi connectivity index (χ0) is 13.9. The molecule has 100 valence electrons. The Morgan fingerprint density at radius 1 is 1.11 bits per heavy atom. The van der Waals surface area contributed by atoms with Crippen molar-refractivity contribution in [2.75, 3.05) is 0 Å². The molecule has 0 fully saturated rings. The van der Waals surface area contributed by atoms with Crippen LogP contribution in [0.2, 0.25) is 0 Å². The van der Waals surface area contributed by atoms with E-state index in [-0.39, 0.29) is 5.82 Å². The van der Waals surface area contributed by atoms with E-state index in [9.17, 15) is 4.39 Å². The third kappa shape index (κ3) is 3.02. The molecule has 0 amide bonds. The van der Waals surface area contributed by atoms with Gasteiger partial charge in [-0.2, -0.15) is 0 Å². The topological polar surface area (TPSA) is 26.0 Å². The first kappa shape index (κ1) is 13.8. The van der Waals surface area contributed by atoms with Gasteiger partial charge in [-0.15, -0.1) is 0 Å². The van der Waals surface area contributed by atoms with Crippen molar-refractivity contribution in [3.05, 3.63) is 71.0 Å². The predicted octanol–water partition coefficient (Wildman–Crippen LogP) is 3.94. The summed E-state index contributed by atoms with van der Waals surface area (Å²) >= 11 is 0. The molecule has 0 aromatic heterocycles. The van der Waals surface area contributed by atoms with Crippen molar-refractivity contribution >= 4 is 0 Å². The van der Waals surface area contributed by atoms with Crippen LogP contribution in [0.15, 0.2) is 48.5 Å². The first-order valence-corrected chi connectivity index (χ1v) is 6.64. The summed E-state index contributed by atoms with van der Waals surface area (Å²) in [7, 11) is 0. The highest BCUT2D eigenvalue weighted by molar-refractivity contribution is 5.32. The van der Waals surface area contributed by atoms with Crippen LogP contribution in [0.4, 0.5) is 4.39 Å². The van der Waals surface area contributed by atoms with E-state index in [1.165, 1.54) is 11.6 Å². The van der Waals surface area contributed by atoms with Crippen LogP contribution < -0.4 is 5.73 Å². The molecular weight excluding hydrogens is 237 g/mol. The Morgan fingerprint density at radius 3 is 2.37 bits per heavy atom. The first-order chi connectivity index (χ1) is 9.05. The van der Waals surface area contributed by atoms with Gasteiger partial charge in [0.15, 0.2) is 0 Å². The van der Waals surface area contributed by atoms with Crippen molar-refractivity contribution in [2.45, 2.75) is 32.2 Å². The largest absolute Gasteiger partial charge is 0.321 e. The van der Waals surface area contributed by atoms with Crippen molar-refractivity contribution in [1.82, 2.24) is 0 Å². The molecule has 2 heteroatoms. The standard InChI is InChI=1S/C17H20FN/c1-3-17(19,12-14-7-5-4-6-8-14)15-9-10-16(18)13(2)11-15/h4-11H,3,12,19H2,1-2H3. The highest BCUT2D eigenvalue weighted by atomic mass is 19.1. The summed E-state index contributed by atoms with van der Waals surface area (Å²) < 4.78 is 13.4. The summed E-state index contributed by atoms with van der Waals surface area (Å²) in [6, 6.07) is 15.4. The van der Waals surface area contributed by atoms with E-state index < -0.39 is 5.54 Å². The van der Waals surface area contributed by atoms with Gasteiger partial charge in [0.2, 0.25) is 0 Å². The van der Waals surface area contributed by atoms with Gasteiger partial charge in [-0.25, -0.2) is 4.39 Å². The zero-order valence-corrected chi connectivity index (χ0v) is 11.5. The lowest BCUT2D eigenvalue weighted by molar-refractivity contribution is 0.423. The summed E-state index contributed by atoms with van der Waals surface area (Å²) in [5, 5.41) is 0. The molecule has 0 aliphatic heterocycles. The molecule has 0 heterocycles. The fourth-order valence-corrected chi connectivity index (χ4v) is 2.35. The minimum absolute atomic E-state index is 0.179. The molecule has 2 aromatic rings. The van der Waals surface area contributed by atoms with Crippen molar-refractivity contribution in [2.24, 2.45) is 5.73 Å². The minimum atomic E-state index is -0.445. The lowest BCUT2D eigenvalue weighted by atomic mass is 9.82. The molecule has 2 N–H and O–H groups in total. The molecule has 0 aliphatic rings. The molecule has 0 radical (unpaired) electrons. The van der Waals surface area contributed by atoms with E-state index in [0.29, 0.717) is 5.56 Å². The lowest BCUT2D eigenvalue weighted by Crippen LogP contribution is -2.38. The van der Waals surface area contributed by atoms with Crippen molar-refractivity contribution in [1.29, 1.82) is 0 Å². The Morgan fingerprint density at radius 2 is 1.79 bits per heavy atom. The monoisotopic (exact) mass is 257 g/mol. The molecule has 0 bridgehead atoms. The SMILES string of the molecule is CCC(N)(Cc1ccccc1)c1ccc(F)c(C)c1. The van der Waals surface area contributed by atoms with Crippen LogP contribution in [-0.4, -0.2) is 0 Å². The smallest absolute Gasteiger partial charge is 0.126 e. The molecule has 1 nitrogen and oxygen atoms in total. The molecule has 1 unspecified atom stereocenters. The predicted molar refractivity (Wildman–Crippen MR) is 77.4 cm³/mol. The fourth-order valence-electron chi connectivity index (χ4n) is 2.35. The number of hydrogen-bond donors (Lipinski definition) is 1. The number of hydrogen-bond acceptors (Lipinski definition) is 1. The van der Waals surface area contributed by atoms with Crippen LogP contribution in [-0.2, 0) is 12.0 Å². The highest BCUT2D eigenvalue weighted by Gasteiger charge is 2.26. The van der Waals surface area contributed by atoms with E-state index in [2.05, 4.69) is 19.1 Å². The number of benzene rings is 2. The highest BCUT2D eigenvalue weighted by Crippen LogP contribution is 2.28. The van der Waals surface area contributed by atoms with E-state index in [4.69, 9.17) is 5.73 Å². The molecule has 0 saturated carbocycles. The summed E-state index contributed by atoms with van der Waals surface area (Å²) in [4.78, 5) is 0. The second-order valence-electron chi connectivity index (χ2n) is 5.14. The van der Waals surface area contributed by atoms with Gasteiger partial charge in [-0.1, -0.05) is 49.4 Å². The van der Waals surface area contributed by atoms with Crippen LogP contribution in [0.25, 0.3) is 0 Å². The average molecular weight is 257 g/mol. The average Bonchev–Trinajstić information content (AvgIpc) is 2.43. The van der Waals surface area contributed by atoms with Crippen LogP contribution in [0, 0.1) is 12.7 Å². The van der Waals surface area contributed by atoms with Crippen LogP contribution in [0.3, 0.4) is 0 Å². The number of rotatable bonds is 4. The Labute approximate surface area is 114 Å². The van der Waals surface area contributed by atoms with E-state index in [0.717, 1.165) is 18.4 Å². The zero-order valence-electron chi connectivity index (χ0n) is 11.5. The maximum atomic E-state index is 13.4.